The van der Waals surface area contributed by atoms with Gasteiger partial charge in [0.15, 0.2) is 0 Å². The Morgan fingerprint density at radius 2 is 1.96 bits per heavy atom. The smallest absolute Gasteiger partial charge is 0.416 e. The van der Waals surface area contributed by atoms with Gasteiger partial charge in [0.2, 0.25) is 5.13 Å². The van der Waals surface area contributed by atoms with Crippen LogP contribution < -0.4 is 15.0 Å². The van der Waals surface area contributed by atoms with E-state index in [1.54, 1.807) is 31.3 Å². The lowest BCUT2D eigenvalue weighted by atomic mass is 10.0. The van der Waals surface area contributed by atoms with E-state index in [2.05, 4.69) is 20.4 Å². The van der Waals surface area contributed by atoms with Gasteiger partial charge in [0.05, 0.1) is 11.7 Å². The van der Waals surface area contributed by atoms with E-state index >= 15 is 0 Å². The number of nitrogens with one attached hydrogen (secondary N) is 1. The molecule has 5 nitrogen and oxygen atoms in total. The number of benzene rings is 1. The molecule has 3 rings (SSSR count). The summed E-state index contributed by atoms with van der Waals surface area (Å²) < 4.78 is 45.8. The molecule has 28 heavy (non-hydrogen) atoms. The molecule has 0 amide bonds. The molecule has 2 heterocycles. The lowest BCUT2D eigenvalue weighted by molar-refractivity contribution is -0.138. The molecule has 0 unspecified atom stereocenters. The van der Waals surface area contributed by atoms with E-state index in [0.29, 0.717) is 0 Å². The molecule has 0 bridgehead atoms. The normalized spacial score (nSPS) is 16.0. The van der Waals surface area contributed by atoms with Crippen molar-refractivity contribution >= 4 is 16.5 Å². The van der Waals surface area contributed by atoms with Gasteiger partial charge >= 0.3 is 6.18 Å². The number of rotatable bonds is 6. The topological polar surface area (TPSA) is 50.3 Å². The Hall–Kier alpha value is -1.87. The molecule has 0 aliphatic carbocycles. The Morgan fingerprint density at radius 1 is 1.25 bits per heavy atom. The Balaban J connectivity index is 1.60. The van der Waals surface area contributed by atoms with E-state index in [1.165, 1.54) is 6.07 Å². The molecule has 1 aromatic heterocycles. The molecule has 1 N–H and O–H groups in total. The third-order valence-electron chi connectivity index (χ3n) is 4.62. The highest BCUT2D eigenvalue weighted by atomic mass is 32.1. The molecule has 1 aliphatic rings. The fourth-order valence-electron chi connectivity index (χ4n) is 3.26. The third kappa shape index (κ3) is 5.35. The van der Waals surface area contributed by atoms with Crippen molar-refractivity contribution in [3.63, 3.8) is 0 Å². The van der Waals surface area contributed by atoms with Crippen LogP contribution in [0.1, 0.15) is 42.8 Å². The Kier molecular flexibility index (Phi) is 6.44. The van der Waals surface area contributed by atoms with Gasteiger partial charge in [0, 0.05) is 25.7 Å². The number of hydrogen-bond acceptors (Lipinski definition) is 6. The second-order valence-electron chi connectivity index (χ2n) is 7.23. The van der Waals surface area contributed by atoms with Crippen LogP contribution in [-0.2, 0) is 12.7 Å². The van der Waals surface area contributed by atoms with Crippen molar-refractivity contribution in [2.75, 3.05) is 18.0 Å². The summed E-state index contributed by atoms with van der Waals surface area (Å²) in [5, 5.41) is 13.3. The first-order valence-electron chi connectivity index (χ1n) is 9.37. The average Bonchev–Trinajstić information content (AvgIpc) is 3.06. The summed E-state index contributed by atoms with van der Waals surface area (Å²) in [5.74, 6) is 0.242. The minimum Gasteiger partial charge on any atom is -0.491 e. The molecular formula is C19H25F3N4OS. The monoisotopic (exact) mass is 414 g/mol. The van der Waals surface area contributed by atoms with E-state index in [1.807, 2.05) is 6.92 Å². The molecule has 1 aliphatic heterocycles. The van der Waals surface area contributed by atoms with E-state index in [-0.39, 0.29) is 30.0 Å². The summed E-state index contributed by atoms with van der Waals surface area (Å²) in [7, 11) is 0. The van der Waals surface area contributed by atoms with Gasteiger partial charge in [-0.25, -0.2) is 0 Å². The summed E-state index contributed by atoms with van der Waals surface area (Å²) in [4.78, 5) is 2.18. The number of hydrogen-bond donors (Lipinski definition) is 1. The second-order valence-corrected chi connectivity index (χ2v) is 8.39. The lowest BCUT2D eigenvalue weighted by Crippen LogP contribution is -2.42. The summed E-state index contributed by atoms with van der Waals surface area (Å²) in [6, 6.07) is 4.38. The van der Waals surface area contributed by atoms with Crippen LogP contribution in [-0.4, -0.2) is 35.4 Å². The minimum atomic E-state index is -4.41. The predicted octanol–water partition coefficient (Wildman–Crippen LogP) is 4.41. The van der Waals surface area contributed by atoms with Gasteiger partial charge in [-0.1, -0.05) is 17.4 Å². The number of ether oxygens (including phenoxy) is 1. The van der Waals surface area contributed by atoms with Crippen molar-refractivity contribution in [1.29, 1.82) is 0 Å². The Bertz CT molecular complexity index is 786. The molecule has 1 aromatic carbocycles. The number of alkyl halides is 3. The first-order valence-corrected chi connectivity index (χ1v) is 10.2. The zero-order chi connectivity index (χ0) is 20.3. The van der Waals surface area contributed by atoms with Crippen LogP contribution in [0.3, 0.4) is 0 Å². The largest absolute Gasteiger partial charge is 0.491 e. The summed E-state index contributed by atoms with van der Waals surface area (Å²) >= 11 is 1.56. The molecule has 1 saturated heterocycles. The van der Waals surface area contributed by atoms with E-state index in [9.17, 15) is 13.2 Å². The van der Waals surface area contributed by atoms with Crippen molar-refractivity contribution in [3.05, 3.63) is 34.3 Å². The van der Waals surface area contributed by atoms with Crippen LogP contribution in [0.4, 0.5) is 18.3 Å². The number of piperidine rings is 1. The maximum Gasteiger partial charge on any atom is 0.416 e. The predicted molar refractivity (Wildman–Crippen MR) is 104 cm³/mol. The molecule has 1 fully saturated rings. The third-order valence-corrected chi connectivity index (χ3v) is 5.52. The first kappa shape index (κ1) is 20.9. The first-order chi connectivity index (χ1) is 13.2. The maximum absolute atomic E-state index is 13.5. The van der Waals surface area contributed by atoms with Gasteiger partial charge in [-0.2, -0.15) is 13.2 Å². The van der Waals surface area contributed by atoms with Crippen LogP contribution in [0.25, 0.3) is 0 Å². The number of anilines is 1. The van der Waals surface area contributed by atoms with Gasteiger partial charge in [-0.3, -0.25) is 0 Å². The molecule has 9 heteroatoms. The number of aromatic nitrogens is 2. The van der Waals surface area contributed by atoms with Crippen molar-refractivity contribution in [2.45, 2.75) is 58.5 Å². The van der Waals surface area contributed by atoms with Crippen molar-refractivity contribution in [3.8, 4) is 5.75 Å². The number of halogens is 3. The van der Waals surface area contributed by atoms with Gasteiger partial charge in [0.25, 0.3) is 0 Å². The van der Waals surface area contributed by atoms with E-state index in [4.69, 9.17) is 4.74 Å². The highest BCUT2D eigenvalue weighted by Gasteiger charge is 2.34. The van der Waals surface area contributed by atoms with Crippen molar-refractivity contribution in [2.24, 2.45) is 0 Å². The van der Waals surface area contributed by atoms with Gasteiger partial charge in [-0.05, 0) is 51.3 Å². The molecular weight excluding hydrogens is 389 g/mol. The summed E-state index contributed by atoms with van der Waals surface area (Å²) in [6.45, 7) is 7.32. The molecule has 0 radical (unpaired) electrons. The van der Waals surface area contributed by atoms with E-state index < -0.39 is 11.7 Å². The van der Waals surface area contributed by atoms with Crippen LogP contribution in [0.2, 0.25) is 0 Å². The standard InChI is InChI=1S/C19H25F3N4OS/c1-12(2)27-16-5-4-14(17(10-16)19(20,21)22)11-23-15-6-8-26(9-7-15)18-25-24-13(3)28-18/h4-5,10,12,15,23H,6-9,11H2,1-3H3. The maximum atomic E-state index is 13.5. The Morgan fingerprint density at radius 3 is 2.54 bits per heavy atom. The Labute approximate surface area is 166 Å². The molecule has 154 valence electrons. The summed E-state index contributed by atoms with van der Waals surface area (Å²) in [6.07, 6.45) is -2.87. The van der Waals surface area contributed by atoms with Crippen LogP contribution in [0.5, 0.6) is 5.75 Å². The van der Waals surface area contributed by atoms with Gasteiger partial charge in [0.1, 0.15) is 10.8 Å². The number of nitrogens with zero attached hydrogens (tertiary/aromatic N) is 3. The molecule has 0 spiro atoms. The zero-order valence-electron chi connectivity index (χ0n) is 16.2. The molecule has 0 atom stereocenters. The highest BCUT2D eigenvalue weighted by Crippen LogP contribution is 2.35. The highest BCUT2D eigenvalue weighted by molar-refractivity contribution is 7.15. The average molecular weight is 414 g/mol. The quantitative estimate of drug-likeness (QED) is 0.759. The number of aryl methyl sites for hydroxylation is 1. The zero-order valence-corrected chi connectivity index (χ0v) is 17.0. The van der Waals surface area contributed by atoms with Gasteiger partial charge in [-0.15, -0.1) is 10.2 Å². The SMILES string of the molecule is Cc1nnc(N2CCC(NCc3ccc(OC(C)C)cc3C(F)(F)F)CC2)s1. The van der Waals surface area contributed by atoms with Crippen molar-refractivity contribution in [1.82, 2.24) is 15.5 Å². The van der Waals surface area contributed by atoms with Crippen LogP contribution in [0.15, 0.2) is 18.2 Å². The van der Waals surface area contributed by atoms with Crippen molar-refractivity contribution < 1.29 is 17.9 Å². The van der Waals surface area contributed by atoms with Crippen LogP contribution >= 0.6 is 11.3 Å². The van der Waals surface area contributed by atoms with Crippen LogP contribution in [0, 0.1) is 6.92 Å². The second kappa shape index (κ2) is 8.65. The lowest BCUT2D eigenvalue weighted by Gasteiger charge is -2.32. The fourth-order valence-corrected chi connectivity index (χ4v) is 4.00. The van der Waals surface area contributed by atoms with Gasteiger partial charge < -0.3 is 15.0 Å². The summed E-state index contributed by atoms with van der Waals surface area (Å²) in [5.41, 5.74) is -0.397. The van der Waals surface area contributed by atoms with E-state index in [0.717, 1.165) is 42.1 Å². The molecule has 2 aromatic rings. The minimum absolute atomic E-state index is 0.174. The fraction of sp³-hybridized carbons (Fsp3) is 0.579. The molecule has 0 saturated carbocycles.